The topological polar surface area (TPSA) is 35.2 Å². The summed E-state index contributed by atoms with van der Waals surface area (Å²) in [7, 11) is 1.41. The predicted octanol–water partition coefficient (Wildman–Crippen LogP) is 2.21. The number of anilines is 1. The van der Waals surface area contributed by atoms with Gasteiger partial charge in [-0.3, -0.25) is 0 Å². The number of halogens is 2. The fraction of sp³-hybridized carbons (Fsp3) is 0.250. The first-order chi connectivity index (χ1) is 5.63. The molecule has 0 spiro atoms. The van der Waals surface area contributed by atoms with Gasteiger partial charge < -0.3 is 10.5 Å². The molecular formula is C8H9F2NO. The molecule has 1 aromatic rings. The van der Waals surface area contributed by atoms with Crippen LogP contribution in [0.15, 0.2) is 18.2 Å². The number of nitrogen functional groups attached to an aromatic ring is 1. The van der Waals surface area contributed by atoms with Crippen LogP contribution in [0.25, 0.3) is 0 Å². The lowest BCUT2D eigenvalue weighted by molar-refractivity contribution is 0.151. The molecule has 0 unspecified atom stereocenters. The number of rotatable bonds is 2. The van der Waals surface area contributed by atoms with E-state index in [1.54, 1.807) is 0 Å². The maximum Gasteiger partial charge on any atom is 0.264 e. The smallest absolute Gasteiger partial charge is 0.264 e. The number of hydrogen-bond acceptors (Lipinski definition) is 2. The summed E-state index contributed by atoms with van der Waals surface area (Å²) in [5.74, 6) is 0.352. The van der Waals surface area contributed by atoms with Crippen LogP contribution >= 0.6 is 0 Å². The van der Waals surface area contributed by atoms with Gasteiger partial charge in [-0.05, 0) is 12.1 Å². The fourth-order valence-corrected chi connectivity index (χ4v) is 0.890. The molecule has 0 aliphatic carbocycles. The molecule has 0 heterocycles. The van der Waals surface area contributed by atoms with E-state index in [0.717, 1.165) is 0 Å². The summed E-state index contributed by atoms with van der Waals surface area (Å²) in [6.45, 7) is 0. The molecule has 0 amide bonds. The van der Waals surface area contributed by atoms with Crippen LogP contribution in [0.2, 0.25) is 0 Å². The van der Waals surface area contributed by atoms with Crippen LogP contribution in [0.5, 0.6) is 5.75 Å². The third-order valence-corrected chi connectivity index (χ3v) is 1.44. The fourth-order valence-electron chi connectivity index (χ4n) is 0.890. The summed E-state index contributed by atoms with van der Waals surface area (Å²) in [5, 5.41) is 0. The highest BCUT2D eigenvalue weighted by atomic mass is 19.3. The Bertz CT molecular complexity index is 276. The van der Waals surface area contributed by atoms with Gasteiger partial charge >= 0.3 is 0 Å². The first-order valence-corrected chi connectivity index (χ1v) is 3.36. The minimum atomic E-state index is -2.51. The molecule has 2 nitrogen and oxygen atoms in total. The van der Waals surface area contributed by atoms with Crippen LogP contribution in [0, 0.1) is 0 Å². The van der Waals surface area contributed by atoms with Crippen molar-refractivity contribution >= 4 is 5.69 Å². The predicted molar refractivity (Wildman–Crippen MR) is 42.4 cm³/mol. The van der Waals surface area contributed by atoms with Gasteiger partial charge in [-0.2, -0.15) is 0 Å². The third-order valence-electron chi connectivity index (χ3n) is 1.44. The van der Waals surface area contributed by atoms with Crippen molar-refractivity contribution in [2.45, 2.75) is 6.43 Å². The molecule has 2 N–H and O–H groups in total. The van der Waals surface area contributed by atoms with Gasteiger partial charge in [0.15, 0.2) is 0 Å². The van der Waals surface area contributed by atoms with Crippen molar-refractivity contribution in [2.75, 3.05) is 12.8 Å². The second-order valence-corrected chi connectivity index (χ2v) is 2.34. The first kappa shape index (κ1) is 8.77. The highest BCUT2D eigenvalue weighted by Crippen LogP contribution is 2.25. The largest absolute Gasteiger partial charge is 0.497 e. The molecular weight excluding hydrogens is 164 g/mol. The highest BCUT2D eigenvalue weighted by Gasteiger charge is 2.08. The van der Waals surface area contributed by atoms with E-state index in [0.29, 0.717) is 5.75 Å². The van der Waals surface area contributed by atoms with Crippen LogP contribution in [0.4, 0.5) is 14.5 Å². The molecule has 4 heteroatoms. The first-order valence-electron chi connectivity index (χ1n) is 3.36. The molecule has 0 saturated heterocycles. The Kier molecular flexibility index (Phi) is 2.47. The zero-order valence-electron chi connectivity index (χ0n) is 6.55. The lowest BCUT2D eigenvalue weighted by Crippen LogP contribution is -1.92. The van der Waals surface area contributed by atoms with Gasteiger partial charge in [-0.25, -0.2) is 8.78 Å². The minimum Gasteiger partial charge on any atom is -0.497 e. The van der Waals surface area contributed by atoms with Crippen molar-refractivity contribution in [1.82, 2.24) is 0 Å². The third kappa shape index (κ3) is 1.84. The zero-order valence-corrected chi connectivity index (χ0v) is 6.55. The molecule has 0 bridgehead atoms. The molecule has 1 rings (SSSR count). The van der Waals surface area contributed by atoms with Crippen LogP contribution < -0.4 is 10.5 Å². The lowest BCUT2D eigenvalue weighted by atomic mass is 10.2. The van der Waals surface area contributed by atoms with E-state index < -0.39 is 6.43 Å². The van der Waals surface area contributed by atoms with Crippen molar-refractivity contribution in [2.24, 2.45) is 0 Å². The Labute approximate surface area is 68.9 Å². The van der Waals surface area contributed by atoms with E-state index >= 15 is 0 Å². The van der Waals surface area contributed by atoms with E-state index in [-0.39, 0.29) is 11.3 Å². The Morgan fingerprint density at radius 1 is 1.33 bits per heavy atom. The van der Waals surface area contributed by atoms with E-state index in [1.165, 1.54) is 25.3 Å². The van der Waals surface area contributed by atoms with Crippen LogP contribution in [-0.4, -0.2) is 7.11 Å². The molecule has 0 aliphatic rings. The van der Waals surface area contributed by atoms with E-state index in [4.69, 9.17) is 10.5 Å². The molecule has 0 fully saturated rings. The number of nitrogens with two attached hydrogens (primary N) is 1. The van der Waals surface area contributed by atoms with Gasteiger partial charge in [0.25, 0.3) is 6.43 Å². The SMILES string of the molecule is COc1cc(N)cc(C(F)F)c1. The molecule has 66 valence electrons. The molecule has 0 aliphatic heterocycles. The summed E-state index contributed by atoms with van der Waals surface area (Å²) in [6, 6.07) is 3.99. The monoisotopic (exact) mass is 173 g/mol. The van der Waals surface area contributed by atoms with E-state index in [1.807, 2.05) is 0 Å². The quantitative estimate of drug-likeness (QED) is 0.696. The van der Waals surface area contributed by atoms with Crippen molar-refractivity contribution < 1.29 is 13.5 Å². The van der Waals surface area contributed by atoms with E-state index in [9.17, 15) is 8.78 Å². The summed E-state index contributed by atoms with van der Waals surface area (Å²) < 4.78 is 29.1. The number of ether oxygens (including phenoxy) is 1. The number of alkyl halides is 2. The van der Waals surface area contributed by atoms with Crippen LogP contribution in [-0.2, 0) is 0 Å². The average Bonchev–Trinajstić information content (AvgIpc) is 2.03. The molecule has 0 atom stereocenters. The van der Waals surface area contributed by atoms with Gasteiger partial charge in [0.05, 0.1) is 7.11 Å². The van der Waals surface area contributed by atoms with Crippen LogP contribution in [0.1, 0.15) is 12.0 Å². The average molecular weight is 173 g/mol. The summed E-state index contributed by atoms with van der Waals surface area (Å²) in [4.78, 5) is 0. The van der Waals surface area contributed by atoms with Gasteiger partial charge in [0.1, 0.15) is 5.75 Å². The van der Waals surface area contributed by atoms with Gasteiger partial charge in [0.2, 0.25) is 0 Å². The van der Waals surface area contributed by atoms with Gasteiger partial charge in [0, 0.05) is 17.3 Å². The maximum atomic E-state index is 12.2. The number of benzene rings is 1. The maximum absolute atomic E-state index is 12.2. The summed E-state index contributed by atoms with van der Waals surface area (Å²) >= 11 is 0. The number of methoxy groups -OCH3 is 1. The molecule has 0 saturated carbocycles. The second kappa shape index (κ2) is 3.38. The van der Waals surface area contributed by atoms with Crippen molar-refractivity contribution in [1.29, 1.82) is 0 Å². The van der Waals surface area contributed by atoms with Crippen LogP contribution in [0.3, 0.4) is 0 Å². The summed E-state index contributed by atoms with van der Waals surface area (Å²) in [5.41, 5.74) is 5.52. The lowest BCUT2D eigenvalue weighted by Gasteiger charge is -2.04. The molecule has 0 radical (unpaired) electrons. The Morgan fingerprint density at radius 3 is 2.50 bits per heavy atom. The Balaban J connectivity index is 3.06. The van der Waals surface area contributed by atoms with Gasteiger partial charge in [-0.1, -0.05) is 0 Å². The van der Waals surface area contributed by atoms with Crippen molar-refractivity contribution in [3.05, 3.63) is 23.8 Å². The summed E-state index contributed by atoms with van der Waals surface area (Å²) in [6.07, 6.45) is -2.51. The Hall–Kier alpha value is -1.32. The zero-order chi connectivity index (χ0) is 9.14. The highest BCUT2D eigenvalue weighted by molar-refractivity contribution is 5.47. The standard InChI is InChI=1S/C8H9F2NO/c1-12-7-3-5(8(9)10)2-6(11)4-7/h2-4,8H,11H2,1H3. The van der Waals surface area contributed by atoms with Gasteiger partial charge in [-0.15, -0.1) is 0 Å². The molecule has 12 heavy (non-hydrogen) atoms. The normalized spacial score (nSPS) is 10.3. The minimum absolute atomic E-state index is 0.119. The second-order valence-electron chi connectivity index (χ2n) is 2.34. The molecule has 1 aromatic carbocycles. The molecule has 0 aromatic heterocycles. The van der Waals surface area contributed by atoms with Crippen molar-refractivity contribution in [3.63, 3.8) is 0 Å². The van der Waals surface area contributed by atoms with E-state index in [2.05, 4.69) is 0 Å². The van der Waals surface area contributed by atoms with Crippen molar-refractivity contribution in [3.8, 4) is 5.75 Å². The number of hydrogen-bond donors (Lipinski definition) is 1. The Morgan fingerprint density at radius 2 is 2.00 bits per heavy atom.